The summed E-state index contributed by atoms with van der Waals surface area (Å²) < 4.78 is 2.80. The van der Waals surface area contributed by atoms with Gasteiger partial charge in [0, 0.05) is 15.7 Å². The van der Waals surface area contributed by atoms with Gasteiger partial charge in [-0.2, -0.15) is 0 Å². The molecule has 4 aromatic rings. The standard InChI is InChI=1S/C20H15BrN4O/c21-16-7-9-17(10-8-16)22-20(26)15-6-11-19-18(12-15)23-24-25(19)13-14-4-2-1-3-5-14/h1-12H,13H2,(H,22,26). The van der Waals surface area contributed by atoms with Crippen molar-refractivity contribution in [2.75, 3.05) is 5.32 Å². The van der Waals surface area contributed by atoms with Crippen LogP contribution in [0.15, 0.2) is 77.3 Å². The summed E-state index contributed by atoms with van der Waals surface area (Å²) in [6.07, 6.45) is 0. The van der Waals surface area contributed by atoms with Crippen molar-refractivity contribution in [3.05, 3.63) is 88.4 Å². The number of anilines is 1. The molecule has 6 heteroatoms. The van der Waals surface area contributed by atoms with Crippen LogP contribution < -0.4 is 5.32 Å². The molecule has 0 fully saturated rings. The lowest BCUT2D eigenvalue weighted by Gasteiger charge is -2.06. The number of rotatable bonds is 4. The largest absolute Gasteiger partial charge is 0.322 e. The first kappa shape index (κ1) is 16.5. The molecule has 1 N–H and O–H groups in total. The second-order valence-electron chi connectivity index (χ2n) is 5.90. The topological polar surface area (TPSA) is 59.8 Å². The molecule has 0 aliphatic rings. The zero-order valence-electron chi connectivity index (χ0n) is 13.8. The van der Waals surface area contributed by atoms with Gasteiger partial charge in [0.25, 0.3) is 5.91 Å². The summed E-state index contributed by atoms with van der Waals surface area (Å²) in [5.74, 6) is -0.174. The number of carbonyl (C=O) groups excluding carboxylic acids is 1. The molecule has 1 amide bonds. The normalized spacial score (nSPS) is 10.8. The van der Waals surface area contributed by atoms with Gasteiger partial charge in [-0.15, -0.1) is 5.10 Å². The molecule has 0 atom stereocenters. The van der Waals surface area contributed by atoms with Gasteiger partial charge in [0.15, 0.2) is 0 Å². The Hall–Kier alpha value is -2.99. The smallest absolute Gasteiger partial charge is 0.255 e. The van der Waals surface area contributed by atoms with Crippen molar-refractivity contribution in [1.29, 1.82) is 0 Å². The number of hydrogen-bond donors (Lipinski definition) is 1. The van der Waals surface area contributed by atoms with Crippen molar-refractivity contribution in [2.24, 2.45) is 0 Å². The van der Waals surface area contributed by atoms with Crippen molar-refractivity contribution in [3.8, 4) is 0 Å². The third-order valence-electron chi connectivity index (χ3n) is 4.05. The number of aromatic nitrogens is 3. The molecule has 26 heavy (non-hydrogen) atoms. The summed E-state index contributed by atoms with van der Waals surface area (Å²) in [6.45, 7) is 0.641. The highest BCUT2D eigenvalue weighted by molar-refractivity contribution is 9.10. The molecule has 1 aromatic heterocycles. The van der Waals surface area contributed by atoms with Gasteiger partial charge in [-0.05, 0) is 48.0 Å². The van der Waals surface area contributed by atoms with Crippen molar-refractivity contribution >= 4 is 38.6 Å². The fraction of sp³-hybridized carbons (Fsp3) is 0.0500. The van der Waals surface area contributed by atoms with Crippen molar-refractivity contribution in [3.63, 3.8) is 0 Å². The number of nitrogens with zero attached hydrogens (tertiary/aromatic N) is 3. The average Bonchev–Trinajstić information content (AvgIpc) is 3.06. The lowest BCUT2D eigenvalue weighted by molar-refractivity contribution is 0.102. The van der Waals surface area contributed by atoms with E-state index in [2.05, 4.69) is 31.6 Å². The molecule has 3 aromatic carbocycles. The number of amides is 1. The third kappa shape index (κ3) is 3.50. The van der Waals surface area contributed by atoms with Gasteiger partial charge in [0.1, 0.15) is 5.52 Å². The fourth-order valence-corrected chi connectivity index (χ4v) is 2.99. The average molecular weight is 407 g/mol. The van der Waals surface area contributed by atoms with Crippen LogP contribution in [0.4, 0.5) is 5.69 Å². The quantitative estimate of drug-likeness (QED) is 0.542. The molecular formula is C20H15BrN4O. The van der Waals surface area contributed by atoms with Crippen molar-refractivity contribution in [2.45, 2.75) is 6.54 Å². The lowest BCUT2D eigenvalue weighted by Crippen LogP contribution is -2.11. The summed E-state index contributed by atoms with van der Waals surface area (Å²) in [6, 6.07) is 23.0. The van der Waals surface area contributed by atoms with Crippen LogP contribution in [0, 0.1) is 0 Å². The Morgan fingerprint density at radius 3 is 2.54 bits per heavy atom. The molecule has 0 spiro atoms. The summed E-state index contributed by atoms with van der Waals surface area (Å²) in [5, 5.41) is 11.3. The highest BCUT2D eigenvalue weighted by Gasteiger charge is 2.11. The summed E-state index contributed by atoms with van der Waals surface area (Å²) in [7, 11) is 0. The fourth-order valence-electron chi connectivity index (χ4n) is 2.72. The SMILES string of the molecule is O=C(Nc1ccc(Br)cc1)c1ccc2c(c1)nnn2Cc1ccccc1. The monoisotopic (exact) mass is 406 g/mol. The highest BCUT2D eigenvalue weighted by atomic mass is 79.9. The second-order valence-corrected chi connectivity index (χ2v) is 6.81. The van der Waals surface area contributed by atoms with Crippen LogP contribution in [0.1, 0.15) is 15.9 Å². The maximum Gasteiger partial charge on any atom is 0.255 e. The first-order chi connectivity index (χ1) is 12.7. The molecule has 0 saturated heterocycles. The minimum absolute atomic E-state index is 0.174. The molecule has 0 radical (unpaired) electrons. The van der Waals surface area contributed by atoms with Crippen LogP contribution in [0.3, 0.4) is 0 Å². The molecule has 0 unspecified atom stereocenters. The van der Waals surface area contributed by atoms with Crippen LogP contribution in [0.2, 0.25) is 0 Å². The summed E-state index contributed by atoms with van der Waals surface area (Å²) in [5.41, 5.74) is 4.04. The molecule has 128 valence electrons. The Kier molecular flexibility index (Phi) is 4.50. The Balaban J connectivity index is 1.56. The van der Waals surface area contributed by atoms with E-state index in [1.807, 2.05) is 65.3 Å². The minimum Gasteiger partial charge on any atom is -0.322 e. The van der Waals surface area contributed by atoms with Gasteiger partial charge >= 0.3 is 0 Å². The molecule has 0 saturated carbocycles. The van der Waals surface area contributed by atoms with E-state index >= 15 is 0 Å². The van der Waals surface area contributed by atoms with Gasteiger partial charge in [-0.1, -0.05) is 51.5 Å². The molecule has 4 rings (SSSR count). The number of fused-ring (bicyclic) bond motifs is 1. The number of hydrogen-bond acceptors (Lipinski definition) is 3. The number of nitrogens with one attached hydrogen (secondary N) is 1. The first-order valence-corrected chi connectivity index (χ1v) is 8.92. The van der Waals surface area contributed by atoms with E-state index in [4.69, 9.17) is 0 Å². The van der Waals surface area contributed by atoms with E-state index in [0.29, 0.717) is 17.6 Å². The van der Waals surface area contributed by atoms with Crippen LogP contribution in [0.25, 0.3) is 11.0 Å². The van der Waals surface area contributed by atoms with Crippen LogP contribution in [0.5, 0.6) is 0 Å². The second kappa shape index (κ2) is 7.09. The van der Waals surface area contributed by atoms with Crippen LogP contribution >= 0.6 is 15.9 Å². The van der Waals surface area contributed by atoms with E-state index < -0.39 is 0 Å². The molecular weight excluding hydrogens is 392 g/mol. The van der Waals surface area contributed by atoms with E-state index in [1.54, 1.807) is 12.1 Å². The van der Waals surface area contributed by atoms with Gasteiger partial charge < -0.3 is 5.32 Å². The maximum absolute atomic E-state index is 12.5. The van der Waals surface area contributed by atoms with Crippen molar-refractivity contribution in [1.82, 2.24) is 15.0 Å². The highest BCUT2D eigenvalue weighted by Crippen LogP contribution is 2.18. The molecule has 5 nitrogen and oxygen atoms in total. The zero-order valence-corrected chi connectivity index (χ0v) is 15.3. The Morgan fingerprint density at radius 2 is 1.77 bits per heavy atom. The van der Waals surface area contributed by atoms with E-state index in [-0.39, 0.29) is 5.91 Å². The summed E-state index contributed by atoms with van der Waals surface area (Å²) >= 11 is 3.38. The maximum atomic E-state index is 12.5. The molecule has 1 heterocycles. The van der Waals surface area contributed by atoms with Crippen LogP contribution in [-0.2, 0) is 6.54 Å². The van der Waals surface area contributed by atoms with Gasteiger partial charge in [-0.25, -0.2) is 4.68 Å². The van der Waals surface area contributed by atoms with Gasteiger partial charge in [-0.3, -0.25) is 4.79 Å². The predicted octanol–water partition coefficient (Wildman–Crippen LogP) is 4.49. The third-order valence-corrected chi connectivity index (χ3v) is 4.58. The summed E-state index contributed by atoms with van der Waals surface area (Å²) in [4.78, 5) is 12.5. The zero-order chi connectivity index (χ0) is 17.9. The van der Waals surface area contributed by atoms with Crippen LogP contribution in [-0.4, -0.2) is 20.9 Å². The molecule has 0 aliphatic carbocycles. The Labute approximate surface area is 158 Å². The van der Waals surface area contributed by atoms with E-state index in [1.165, 1.54) is 0 Å². The number of halogens is 1. The minimum atomic E-state index is -0.174. The number of benzene rings is 3. The number of carbonyl (C=O) groups is 1. The first-order valence-electron chi connectivity index (χ1n) is 8.13. The van der Waals surface area contributed by atoms with Gasteiger partial charge in [0.2, 0.25) is 0 Å². The van der Waals surface area contributed by atoms with Crippen molar-refractivity contribution < 1.29 is 4.79 Å². The van der Waals surface area contributed by atoms with E-state index in [9.17, 15) is 4.79 Å². The molecule has 0 aliphatic heterocycles. The predicted molar refractivity (Wildman–Crippen MR) is 105 cm³/mol. The lowest BCUT2D eigenvalue weighted by atomic mass is 10.1. The Morgan fingerprint density at radius 1 is 1.00 bits per heavy atom. The Bertz CT molecular complexity index is 1060. The molecule has 0 bridgehead atoms. The van der Waals surface area contributed by atoms with E-state index in [0.717, 1.165) is 21.2 Å². The van der Waals surface area contributed by atoms with Gasteiger partial charge in [0.05, 0.1) is 12.1 Å².